The summed E-state index contributed by atoms with van der Waals surface area (Å²) >= 11 is 10.8. The van der Waals surface area contributed by atoms with Crippen molar-refractivity contribution in [3.63, 3.8) is 0 Å². The van der Waals surface area contributed by atoms with Gasteiger partial charge in [-0.05, 0) is 17.7 Å². The number of alkyl halides is 1. The van der Waals surface area contributed by atoms with Crippen LogP contribution >= 0.6 is 38.9 Å². The molecule has 1 aromatic carbocycles. The molecule has 0 radical (unpaired) electrons. The SMILES string of the molecule is Oc1csc2cc(Cl)cc(CBr)c12. The molecule has 2 rings (SSSR count). The fraction of sp³-hybridized carbons (Fsp3) is 0.111. The molecular formula is C9H6BrClOS. The minimum Gasteiger partial charge on any atom is -0.506 e. The number of rotatable bonds is 1. The standard InChI is InChI=1S/C9H6BrClOS/c10-3-5-1-6(11)2-8-9(5)7(12)4-13-8/h1-2,4,12H,3H2. The Bertz CT molecular complexity index is 452. The second kappa shape index (κ2) is 3.48. The molecule has 0 unspecified atom stereocenters. The van der Waals surface area contributed by atoms with Crippen molar-refractivity contribution in [2.75, 3.05) is 0 Å². The van der Waals surface area contributed by atoms with Crippen molar-refractivity contribution in [1.82, 2.24) is 0 Å². The van der Waals surface area contributed by atoms with Crippen LogP contribution in [-0.2, 0) is 5.33 Å². The van der Waals surface area contributed by atoms with Gasteiger partial charge in [0.15, 0.2) is 0 Å². The number of hydrogen-bond acceptors (Lipinski definition) is 2. The van der Waals surface area contributed by atoms with E-state index < -0.39 is 0 Å². The summed E-state index contributed by atoms with van der Waals surface area (Å²) in [6.07, 6.45) is 0. The molecule has 0 fully saturated rings. The van der Waals surface area contributed by atoms with Crippen LogP contribution in [0.1, 0.15) is 5.56 Å². The molecule has 0 aliphatic heterocycles. The molecule has 0 saturated heterocycles. The Labute approximate surface area is 93.1 Å². The average molecular weight is 278 g/mol. The van der Waals surface area contributed by atoms with Gasteiger partial charge in [-0.15, -0.1) is 11.3 Å². The molecule has 68 valence electrons. The number of halogens is 2. The smallest absolute Gasteiger partial charge is 0.134 e. The first-order valence-corrected chi connectivity index (χ1v) is 6.05. The summed E-state index contributed by atoms with van der Waals surface area (Å²) in [5.74, 6) is 0.339. The second-order valence-electron chi connectivity index (χ2n) is 2.69. The highest BCUT2D eigenvalue weighted by Crippen LogP contribution is 2.36. The van der Waals surface area contributed by atoms with E-state index in [1.54, 1.807) is 5.38 Å². The Hall–Kier alpha value is -0.250. The van der Waals surface area contributed by atoms with Crippen molar-refractivity contribution in [3.05, 3.63) is 28.1 Å². The van der Waals surface area contributed by atoms with Gasteiger partial charge in [0.2, 0.25) is 0 Å². The Morgan fingerprint density at radius 1 is 1.46 bits per heavy atom. The predicted molar refractivity (Wildman–Crippen MR) is 61.1 cm³/mol. The van der Waals surface area contributed by atoms with Crippen molar-refractivity contribution < 1.29 is 5.11 Å². The van der Waals surface area contributed by atoms with E-state index in [1.165, 1.54) is 11.3 Å². The van der Waals surface area contributed by atoms with E-state index in [0.29, 0.717) is 16.1 Å². The Balaban J connectivity index is 2.85. The maximum atomic E-state index is 9.56. The van der Waals surface area contributed by atoms with Gasteiger partial charge < -0.3 is 5.11 Å². The molecule has 4 heteroatoms. The molecule has 0 bridgehead atoms. The first-order valence-electron chi connectivity index (χ1n) is 3.67. The number of thiophene rings is 1. The third-order valence-corrected chi connectivity index (χ3v) is 3.59. The summed E-state index contributed by atoms with van der Waals surface area (Å²) < 4.78 is 1.03. The van der Waals surface area contributed by atoms with Crippen LogP contribution in [0, 0.1) is 0 Å². The Morgan fingerprint density at radius 3 is 2.92 bits per heavy atom. The van der Waals surface area contributed by atoms with Crippen LogP contribution in [0.25, 0.3) is 10.1 Å². The highest BCUT2D eigenvalue weighted by Gasteiger charge is 2.08. The van der Waals surface area contributed by atoms with Crippen LogP contribution in [-0.4, -0.2) is 5.11 Å². The van der Waals surface area contributed by atoms with Gasteiger partial charge in [-0.3, -0.25) is 0 Å². The predicted octanol–water partition coefficient (Wildman–Crippen LogP) is 4.16. The van der Waals surface area contributed by atoms with E-state index in [2.05, 4.69) is 15.9 Å². The van der Waals surface area contributed by atoms with Crippen molar-refractivity contribution in [2.45, 2.75) is 5.33 Å². The van der Waals surface area contributed by atoms with Crippen LogP contribution in [0.2, 0.25) is 5.02 Å². The minimum atomic E-state index is 0.339. The molecule has 0 spiro atoms. The Morgan fingerprint density at radius 2 is 2.23 bits per heavy atom. The minimum absolute atomic E-state index is 0.339. The number of hydrogen-bond donors (Lipinski definition) is 1. The number of benzene rings is 1. The van der Waals surface area contributed by atoms with Gasteiger partial charge in [0.1, 0.15) is 5.75 Å². The molecule has 2 aromatic rings. The molecule has 0 atom stereocenters. The summed E-state index contributed by atoms with van der Waals surface area (Å²) in [5.41, 5.74) is 1.03. The number of fused-ring (bicyclic) bond motifs is 1. The number of aromatic hydroxyl groups is 1. The molecule has 0 aliphatic carbocycles. The molecule has 1 nitrogen and oxygen atoms in total. The van der Waals surface area contributed by atoms with Crippen LogP contribution in [0.15, 0.2) is 17.5 Å². The summed E-state index contributed by atoms with van der Waals surface area (Å²) in [5, 5.41) is 13.6. The second-order valence-corrected chi connectivity index (χ2v) is 4.60. The molecule has 1 N–H and O–H groups in total. The third kappa shape index (κ3) is 1.56. The quantitative estimate of drug-likeness (QED) is 0.776. The van der Waals surface area contributed by atoms with E-state index in [4.69, 9.17) is 11.6 Å². The van der Waals surface area contributed by atoms with Gasteiger partial charge in [0, 0.05) is 25.8 Å². The highest BCUT2D eigenvalue weighted by atomic mass is 79.9. The van der Waals surface area contributed by atoms with Crippen molar-refractivity contribution in [1.29, 1.82) is 0 Å². The topological polar surface area (TPSA) is 20.2 Å². The molecular weight excluding hydrogens is 272 g/mol. The van der Waals surface area contributed by atoms with Gasteiger partial charge in [-0.1, -0.05) is 27.5 Å². The molecule has 13 heavy (non-hydrogen) atoms. The summed E-state index contributed by atoms with van der Waals surface area (Å²) in [6, 6.07) is 3.73. The molecule has 0 aliphatic rings. The van der Waals surface area contributed by atoms with E-state index in [1.807, 2.05) is 12.1 Å². The molecule has 0 amide bonds. The molecule has 1 heterocycles. The van der Waals surface area contributed by atoms with Crippen LogP contribution < -0.4 is 0 Å². The van der Waals surface area contributed by atoms with Gasteiger partial charge in [0.05, 0.1) is 0 Å². The largest absolute Gasteiger partial charge is 0.506 e. The first-order chi connectivity index (χ1) is 6.22. The first kappa shape index (κ1) is 9.31. The summed E-state index contributed by atoms with van der Waals surface area (Å²) in [7, 11) is 0. The fourth-order valence-electron chi connectivity index (χ4n) is 1.30. The lowest BCUT2D eigenvalue weighted by atomic mass is 10.1. The van der Waals surface area contributed by atoms with E-state index in [9.17, 15) is 5.11 Å². The van der Waals surface area contributed by atoms with Crippen molar-refractivity contribution in [3.8, 4) is 5.75 Å². The lowest BCUT2D eigenvalue weighted by molar-refractivity contribution is 0.483. The van der Waals surface area contributed by atoms with Crippen LogP contribution in [0.4, 0.5) is 0 Å². The average Bonchev–Trinajstić information content (AvgIpc) is 2.46. The Kier molecular flexibility index (Phi) is 2.49. The van der Waals surface area contributed by atoms with E-state index >= 15 is 0 Å². The van der Waals surface area contributed by atoms with Crippen molar-refractivity contribution >= 4 is 49.0 Å². The zero-order chi connectivity index (χ0) is 9.42. The zero-order valence-electron chi connectivity index (χ0n) is 6.55. The van der Waals surface area contributed by atoms with Crippen LogP contribution in [0.3, 0.4) is 0 Å². The highest BCUT2D eigenvalue weighted by molar-refractivity contribution is 9.08. The zero-order valence-corrected chi connectivity index (χ0v) is 9.71. The van der Waals surface area contributed by atoms with Gasteiger partial charge in [-0.2, -0.15) is 0 Å². The maximum Gasteiger partial charge on any atom is 0.134 e. The lowest BCUT2D eigenvalue weighted by Crippen LogP contribution is -1.78. The monoisotopic (exact) mass is 276 g/mol. The van der Waals surface area contributed by atoms with Crippen molar-refractivity contribution in [2.24, 2.45) is 0 Å². The van der Waals surface area contributed by atoms with E-state index in [0.717, 1.165) is 15.6 Å². The van der Waals surface area contributed by atoms with Gasteiger partial charge in [-0.25, -0.2) is 0 Å². The van der Waals surface area contributed by atoms with E-state index in [-0.39, 0.29) is 0 Å². The molecule has 1 aromatic heterocycles. The van der Waals surface area contributed by atoms with Gasteiger partial charge >= 0.3 is 0 Å². The molecule has 0 saturated carbocycles. The van der Waals surface area contributed by atoms with Crippen LogP contribution in [0.5, 0.6) is 5.75 Å². The maximum absolute atomic E-state index is 9.56. The fourth-order valence-corrected chi connectivity index (χ4v) is 2.96. The lowest BCUT2D eigenvalue weighted by Gasteiger charge is -2.00. The summed E-state index contributed by atoms with van der Waals surface area (Å²) in [4.78, 5) is 0. The normalized spacial score (nSPS) is 10.9. The van der Waals surface area contributed by atoms with Gasteiger partial charge in [0.25, 0.3) is 0 Å². The third-order valence-electron chi connectivity index (χ3n) is 1.85. The summed E-state index contributed by atoms with van der Waals surface area (Å²) in [6.45, 7) is 0.